The number of aliphatic carboxylic acids is 2. The first kappa shape index (κ1) is 24.0. The largest absolute Gasteiger partial charge is 0.478 e. The lowest BCUT2D eigenvalue weighted by Crippen LogP contribution is -2.80. The summed E-state index contributed by atoms with van der Waals surface area (Å²) in [5.41, 5.74) is 2.76. The van der Waals surface area contributed by atoms with Crippen LogP contribution in [0.5, 0.6) is 0 Å². The monoisotopic (exact) mass is 533 g/mol. The van der Waals surface area contributed by atoms with E-state index in [1.54, 1.807) is 0 Å². The summed E-state index contributed by atoms with van der Waals surface area (Å²) in [6, 6.07) is -1.19. The number of thiazole rings is 1. The number of carboxylic acids is 2. The van der Waals surface area contributed by atoms with Crippen LogP contribution in [0.4, 0.5) is 5.13 Å². The molecule has 3 aliphatic rings. The lowest BCUT2D eigenvalue weighted by atomic mass is 9.89. The van der Waals surface area contributed by atoms with Gasteiger partial charge in [0, 0.05) is 11.7 Å². The highest BCUT2D eigenvalue weighted by Gasteiger charge is 2.71. The van der Waals surface area contributed by atoms with Gasteiger partial charge in [-0.25, -0.2) is 14.6 Å². The van der Waals surface area contributed by atoms with Crippen LogP contribution >= 0.6 is 34.7 Å². The third kappa shape index (κ3) is 3.70. The van der Waals surface area contributed by atoms with Crippen molar-refractivity contribution in [2.75, 3.05) is 11.5 Å². The molecule has 0 bridgehead atoms. The fraction of sp³-hybridized carbons (Fsp3) is 0.471. The highest BCUT2D eigenvalue weighted by atomic mass is 35.5. The van der Waals surface area contributed by atoms with Crippen LogP contribution in [0.1, 0.15) is 19.0 Å². The molecule has 3 aliphatic heterocycles. The minimum Gasteiger partial charge on any atom is -0.478 e. The maximum absolute atomic E-state index is 13.0. The number of carbonyl (C=O) groups is 5. The number of nitrogens with two attached hydrogens (primary N) is 1. The Bertz CT molecular complexity index is 1140. The fourth-order valence-electron chi connectivity index (χ4n) is 3.75. The summed E-state index contributed by atoms with van der Waals surface area (Å²) in [6.07, 6.45) is -1.57. The molecule has 0 aliphatic carbocycles. The molecule has 4 rings (SSSR count). The quantitative estimate of drug-likeness (QED) is 0.148. The van der Waals surface area contributed by atoms with Gasteiger partial charge in [-0.2, -0.15) is 0 Å². The summed E-state index contributed by atoms with van der Waals surface area (Å²) in [6.45, 7) is 1.18. The maximum Gasteiger partial charge on any atom is 0.370 e. The highest BCUT2D eigenvalue weighted by molar-refractivity contribution is 8.00. The van der Waals surface area contributed by atoms with Crippen molar-refractivity contribution in [3.63, 3.8) is 0 Å². The van der Waals surface area contributed by atoms with Gasteiger partial charge in [0.1, 0.15) is 21.4 Å². The molecule has 4 heterocycles. The van der Waals surface area contributed by atoms with E-state index in [0.29, 0.717) is 0 Å². The third-order valence-corrected chi connectivity index (χ3v) is 7.89. The van der Waals surface area contributed by atoms with Gasteiger partial charge in [0.2, 0.25) is 6.10 Å². The first-order valence-corrected chi connectivity index (χ1v) is 11.8. The molecule has 182 valence electrons. The predicted octanol–water partition coefficient (Wildman–Crippen LogP) is -0.684. The molecule has 5 N–H and O–H groups in total. The third-order valence-electron chi connectivity index (χ3n) is 5.39. The van der Waals surface area contributed by atoms with Crippen LogP contribution in [0.15, 0.2) is 5.16 Å². The molecular formula is C17H16ClN5O9S2. The van der Waals surface area contributed by atoms with E-state index < -0.39 is 64.6 Å². The number of hydrogen-bond donors (Lipinski definition) is 4. The number of hydrogen-bond acceptors (Lipinski definition) is 12. The van der Waals surface area contributed by atoms with Crippen LogP contribution in [-0.4, -0.2) is 84.5 Å². The number of esters is 1. The summed E-state index contributed by atoms with van der Waals surface area (Å²) in [5.74, 6) is -5.87. The van der Waals surface area contributed by atoms with E-state index >= 15 is 0 Å². The molecule has 0 spiro atoms. The highest BCUT2D eigenvalue weighted by Crippen LogP contribution is 2.51. The number of carbonyl (C=O) groups excluding carboxylic acids is 3. The van der Waals surface area contributed by atoms with Gasteiger partial charge < -0.3 is 30.8 Å². The Morgan fingerprint density at radius 3 is 2.71 bits per heavy atom. The molecule has 3 fully saturated rings. The van der Waals surface area contributed by atoms with Gasteiger partial charge in [0.05, 0.1) is 6.42 Å². The Morgan fingerprint density at radius 2 is 2.12 bits per heavy atom. The van der Waals surface area contributed by atoms with E-state index in [9.17, 15) is 29.1 Å². The van der Waals surface area contributed by atoms with Gasteiger partial charge in [0.15, 0.2) is 10.8 Å². The molecule has 3 saturated heterocycles. The Kier molecular flexibility index (Phi) is 6.07. The zero-order valence-corrected chi connectivity index (χ0v) is 19.5. The van der Waals surface area contributed by atoms with Crippen LogP contribution in [0.2, 0.25) is 4.34 Å². The van der Waals surface area contributed by atoms with E-state index in [2.05, 4.69) is 15.5 Å². The van der Waals surface area contributed by atoms with E-state index in [1.807, 2.05) is 0 Å². The zero-order chi connectivity index (χ0) is 24.9. The molecule has 5 atom stereocenters. The topological polar surface area (TPSA) is 211 Å². The van der Waals surface area contributed by atoms with Crippen molar-refractivity contribution in [1.29, 1.82) is 0 Å². The first-order valence-electron chi connectivity index (χ1n) is 9.57. The second-order valence-electron chi connectivity index (χ2n) is 7.46. The number of carboxylic acid groups (broad SMARTS) is 2. The number of nitrogens with zero attached hydrogens (tertiary/aromatic N) is 3. The van der Waals surface area contributed by atoms with Crippen LogP contribution in [0.25, 0.3) is 0 Å². The average Bonchev–Trinajstić information content (AvgIpc) is 3.28. The van der Waals surface area contributed by atoms with Gasteiger partial charge in [-0.1, -0.05) is 28.1 Å². The second-order valence-corrected chi connectivity index (χ2v) is 10.2. The van der Waals surface area contributed by atoms with Gasteiger partial charge >= 0.3 is 17.9 Å². The zero-order valence-electron chi connectivity index (χ0n) is 17.1. The molecule has 0 unspecified atom stereocenters. The smallest absolute Gasteiger partial charge is 0.370 e. The number of nitrogens with one attached hydrogen (secondary N) is 1. The Balaban J connectivity index is 1.58. The van der Waals surface area contributed by atoms with Gasteiger partial charge in [0.25, 0.3) is 17.5 Å². The minimum absolute atomic E-state index is 0.00185. The number of ether oxygens (including phenoxy) is 1. The Hall–Kier alpha value is -3.11. The van der Waals surface area contributed by atoms with E-state index in [4.69, 9.17) is 32.0 Å². The van der Waals surface area contributed by atoms with E-state index in [1.165, 1.54) is 18.7 Å². The minimum atomic E-state index is -2.13. The molecule has 0 saturated carbocycles. The molecule has 0 radical (unpaired) electrons. The normalized spacial score (nSPS) is 28.8. The van der Waals surface area contributed by atoms with Crippen molar-refractivity contribution in [3.05, 3.63) is 10.0 Å². The number of nitrogen functional groups attached to an aromatic ring is 1. The van der Waals surface area contributed by atoms with Crippen molar-refractivity contribution in [2.24, 2.45) is 11.1 Å². The summed E-state index contributed by atoms with van der Waals surface area (Å²) < 4.78 is 5.07. The molecule has 2 amide bonds. The van der Waals surface area contributed by atoms with Gasteiger partial charge in [-0.3, -0.25) is 19.3 Å². The van der Waals surface area contributed by atoms with Crippen LogP contribution in [0.3, 0.4) is 0 Å². The SMILES string of the molecule is C[C@@H](O/N=C(\C(=O)N[C@@H]1C(=O)N2[C@@H]1SC[C@@H]1CC(=O)O[C@@]12C(=O)O)c1nc(N)sc1Cl)C(=O)O. The molecular weight excluding hydrogens is 518 g/mol. The number of halogens is 1. The Morgan fingerprint density at radius 1 is 1.41 bits per heavy atom. The Labute approximate surface area is 203 Å². The van der Waals surface area contributed by atoms with Gasteiger partial charge in [-0.15, -0.1) is 11.8 Å². The molecule has 17 heteroatoms. The lowest BCUT2D eigenvalue weighted by Gasteiger charge is -2.56. The molecule has 34 heavy (non-hydrogen) atoms. The number of fused-ring (bicyclic) bond motifs is 3. The molecule has 1 aromatic rings. The summed E-state index contributed by atoms with van der Waals surface area (Å²) in [4.78, 5) is 70.5. The second kappa shape index (κ2) is 8.59. The number of thioether (sulfide) groups is 1. The average molecular weight is 534 g/mol. The number of oxime groups is 1. The van der Waals surface area contributed by atoms with Crippen LogP contribution < -0.4 is 11.1 Å². The molecule has 1 aromatic heterocycles. The van der Waals surface area contributed by atoms with Crippen molar-refractivity contribution < 1.29 is 43.8 Å². The van der Waals surface area contributed by atoms with Crippen molar-refractivity contribution in [1.82, 2.24) is 15.2 Å². The summed E-state index contributed by atoms with van der Waals surface area (Å²) in [5, 5.41) is 23.9. The molecule has 14 nitrogen and oxygen atoms in total. The van der Waals surface area contributed by atoms with Gasteiger partial charge in [-0.05, 0) is 6.92 Å². The number of β-lactam (4-membered cyclic amide) rings is 1. The van der Waals surface area contributed by atoms with Crippen molar-refractivity contribution in [3.8, 4) is 0 Å². The predicted molar refractivity (Wildman–Crippen MR) is 116 cm³/mol. The number of rotatable bonds is 7. The standard InChI is InChI=1S/C17H16ClN5O9S2/c1-4(14(27)28)32-22-8(7-10(18)34-16(19)21-7)11(25)20-9-12(26)23-13(9)33-3-5-2-6(24)31-17(5,23)15(29)30/h4-5,9,13H,2-3H2,1H3,(H2,19,21)(H,20,25)(H,27,28)(H,29,30)/b22-8-/t4-,5+,9-,13-,17-/m1/s1. The van der Waals surface area contributed by atoms with Crippen LogP contribution in [0, 0.1) is 5.92 Å². The van der Waals surface area contributed by atoms with Crippen molar-refractivity contribution in [2.45, 2.75) is 36.6 Å². The number of aromatic nitrogens is 1. The fourth-order valence-corrected chi connectivity index (χ4v) is 6.24. The summed E-state index contributed by atoms with van der Waals surface area (Å²) in [7, 11) is 0. The number of amides is 2. The van der Waals surface area contributed by atoms with Crippen LogP contribution in [-0.2, 0) is 33.5 Å². The van der Waals surface area contributed by atoms with E-state index in [-0.39, 0.29) is 27.3 Å². The summed E-state index contributed by atoms with van der Waals surface area (Å²) >= 11 is 8.08. The maximum atomic E-state index is 13.0. The van der Waals surface area contributed by atoms with E-state index in [0.717, 1.165) is 16.2 Å². The molecule has 0 aromatic carbocycles. The lowest BCUT2D eigenvalue weighted by molar-refractivity contribution is -0.215. The van der Waals surface area contributed by atoms with Crippen molar-refractivity contribution >= 4 is 75.3 Å². The number of anilines is 1. The first-order chi connectivity index (χ1) is 16.0.